The van der Waals surface area contributed by atoms with E-state index >= 15 is 0 Å². The minimum atomic E-state index is -0.922. The topological polar surface area (TPSA) is 75.6 Å². The highest BCUT2D eigenvalue weighted by atomic mass is 16.5. The summed E-state index contributed by atoms with van der Waals surface area (Å²) >= 11 is 0. The quantitative estimate of drug-likeness (QED) is 0.783. The van der Waals surface area contributed by atoms with Crippen molar-refractivity contribution in [3.63, 3.8) is 0 Å². The first-order valence-corrected chi connectivity index (χ1v) is 6.41. The zero-order valence-electron chi connectivity index (χ0n) is 11.4. The van der Waals surface area contributed by atoms with Crippen LogP contribution in [0.25, 0.3) is 0 Å². The highest BCUT2D eigenvalue weighted by Gasteiger charge is 2.40. The predicted octanol–water partition coefficient (Wildman–Crippen LogP) is 1.56. The van der Waals surface area contributed by atoms with E-state index in [1.807, 2.05) is 0 Å². The molecule has 0 heterocycles. The standard InChI is InChI=1S/C13H23NO4/c1-12(2,18-3)10(15)14-9-13(11(16)17)7-5-4-6-8-13/h4-9H2,1-3H3,(H,14,15)(H,16,17). The number of carboxylic acid groups (broad SMARTS) is 1. The van der Waals surface area contributed by atoms with Gasteiger partial charge in [-0.2, -0.15) is 0 Å². The number of methoxy groups -OCH3 is 1. The van der Waals surface area contributed by atoms with Crippen molar-refractivity contribution in [1.82, 2.24) is 5.32 Å². The number of nitrogens with one attached hydrogen (secondary N) is 1. The number of hydrogen-bond acceptors (Lipinski definition) is 3. The second-order valence-corrected chi connectivity index (χ2v) is 5.54. The minimum absolute atomic E-state index is 0.188. The lowest BCUT2D eigenvalue weighted by Gasteiger charge is -2.34. The molecule has 0 radical (unpaired) electrons. The van der Waals surface area contributed by atoms with Crippen LogP contribution >= 0.6 is 0 Å². The molecule has 104 valence electrons. The van der Waals surface area contributed by atoms with Gasteiger partial charge in [-0.25, -0.2) is 0 Å². The van der Waals surface area contributed by atoms with E-state index in [4.69, 9.17) is 4.74 Å². The Kier molecular flexibility index (Phi) is 4.73. The van der Waals surface area contributed by atoms with Gasteiger partial charge in [-0.3, -0.25) is 9.59 Å². The average Bonchev–Trinajstić information content (AvgIpc) is 2.36. The normalized spacial score (nSPS) is 19.3. The Labute approximate surface area is 108 Å². The van der Waals surface area contributed by atoms with Crippen molar-refractivity contribution >= 4 is 11.9 Å². The molecule has 18 heavy (non-hydrogen) atoms. The van der Waals surface area contributed by atoms with E-state index in [-0.39, 0.29) is 12.5 Å². The van der Waals surface area contributed by atoms with Crippen molar-refractivity contribution in [2.24, 2.45) is 5.41 Å². The zero-order valence-corrected chi connectivity index (χ0v) is 11.4. The summed E-state index contributed by atoms with van der Waals surface area (Å²) in [6.07, 6.45) is 4.17. The number of carboxylic acids is 1. The first-order valence-electron chi connectivity index (χ1n) is 6.41. The maximum Gasteiger partial charge on any atom is 0.311 e. The Morgan fingerprint density at radius 2 is 1.83 bits per heavy atom. The fourth-order valence-corrected chi connectivity index (χ4v) is 2.25. The van der Waals surface area contributed by atoms with Crippen LogP contribution in [0.3, 0.4) is 0 Å². The lowest BCUT2D eigenvalue weighted by molar-refractivity contribution is -0.152. The van der Waals surface area contributed by atoms with Crippen LogP contribution in [0, 0.1) is 5.41 Å². The Morgan fingerprint density at radius 1 is 1.28 bits per heavy atom. The lowest BCUT2D eigenvalue weighted by atomic mass is 9.74. The van der Waals surface area contributed by atoms with Crippen LogP contribution in [0.15, 0.2) is 0 Å². The molecule has 5 heteroatoms. The fraction of sp³-hybridized carbons (Fsp3) is 0.846. The lowest BCUT2D eigenvalue weighted by Crippen LogP contribution is -2.50. The number of amides is 1. The molecule has 0 aromatic heterocycles. The molecular formula is C13H23NO4. The van der Waals surface area contributed by atoms with Crippen molar-refractivity contribution in [3.8, 4) is 0 Å². The third kappa shape index (κ3) is 3.22. The van der Waals surface area contributed by atoms with Gasteiger partial charge in [0.05, 0.1) is 5.41 Å². The van der Waals surface area contributed by atoms with E-state index in [0.717, 1.165) is 19.3 Å². The second-order valence-electron chi connectivity index (χ2n) is 5.54. The SMILES string of the molecule is COC(C)(C)C(=O)NCC1(C(=O)O)CCCCC1. The molecule has 5 nitrogen and oxygen atoms in total. The maximum absolute atomic E-state index is 11.9. The summed E-state index contributed by atoms with van der Waals surface area (Å²) in [5.74, 6) is -1.08. The summed E-state index contributed by atoms with van der Waals surface area (Å²) in [6, 6.07) is 0. The van der Waals surface area contributed by atoms with Gasteiger partial charge in [0, 0.05) is 13.7 Å². The van der Waals surface area contributed by atoms with Gasteiger partial charge in [-0.05, 0) is 26.7 Å². The van der Waals surface area contributed by atoms with Crippen LogP contribution in [0.4, 0.5) is 0 Å². The van der Waals surface area contributed by atoms with E-state index in [1.54, 1.807) is 13.8 Å². The van der Waals surface area contributed by atoms with Gasteiger partial charge in [0.2, 0.25) is 0 Å². The highest BCUT2D eigenvalue weighted by Crippen LogP contribution is 2.36. The second kappa shape index (κ2) is 5.69. The van der Waals surface area contributed by atoms with Gasteiger partial charge in [-0.15, -0.1) is 0 Å². The smallest absolute Gasteiger partial charge is 0.311 e. The van der Waals surface area contributed by atoms with Crippen molar-refractivity contribution in [3.05, 3.63) is 0 Å². The van der Waals surface area contributed by atoms with Crippen molar-refractivity contribution in [2.45, 2.75) is 51.6 Å². The molecule has 0 aromatic rings. The van der Waals surface area contributed by atoms with Crippen LogP contribution < -0.4 is 5.32 Å². The fourth-order valence-electron chi connectivity index (χ4n) is 2.25. The Balaban J connectivity index is 2.64. The van der Waals surface area contributed by atoms with E-state index in [9.17, 15) is 14.7 Å². The van der Waals surface area contributed by atoms with Gasteiger partial charge < -0.3 is 15.2 Å². The number of carbonyl (C=O) groups is 2. The minimum Gasteiger partial charge on any atom is -0.481 e. The number of carbonyl (C=O) groups excluding carboxylic acids is 1. The molecule has 0 spiro atoms. The molecule has 0 aromatic carbocycles. The van der Waals surface area contributed by atoms with Gasteiger partial charge in [-0.1, -0.05) is 19.3 Å². The van der Waals surface area contributed by atoms with E-state index in [1.165, 1.54) is 7.11 Å². The molecule has 1 rings (SSSR count). The summed E-state index contributed by atoms with van der Waals surface area (Å²) in [7, 11) is 1.47. The summed E-state index contributed by atoms with van der Waals surface area (Å²) in [5, 5.41) is 12.1. The summed E-state index contributed by atoms with van der Waals surface area (Å²) < 4.78 is 5.07. The number of ether oxygens (including phenoxy) is 1. The molecular weight excluding hydrogens is 234 g/mol. The number of hydrogen-bond donors (Lipinski definition) is 2. The largest absolute Gasteiger partial charge is 0.481 e. The van der Waals surface area contributed by atoms with Crippen molar-refractivity contribution in [1.29, 1.82) is 0 Å². The van der Waals surface area contributed by atoms with Crippen LogP contribution in [-0.2, 0) is 14.3 Å². The molecule has 1 aliphatic carbocycles. The first kappa shape index (κ1) is 15.0. The Bertz CT molecular complexity index is 319. The molecule has 1 saturated carbocycles. The third-order valence-corrected chi connectivity index (χ3v) is 3.91. The van der Waals surface area contributed by atoms with Gasteiger partial charge in [0.15, 0.2) is 0 Å². The van der Waals surface area contributed by atoms with Crippen LogP contribution in [0.2, 0.25) is 0 Å². The van der Waals surface area contributed by atoms with Crippen molar-refractivity contribution in [2.75, 3.05) is 13.7 Å². The van der Waals surface area contributed by atoms with Gasteiger partial charge in [0.25, 0.3) is 5.91 Å². The van der Waals surface area contributed by atoms with Crippen LogP contribution in [0.1, 0.15) is 46.0 Å². The molecule has 0 bridgehead atoms. The molecule has 2 N–H and O–H groups in total. The maximum atomic E-state index is 11.9. The Hall–Kier alpha value is -1.10. The predicted molar refractivity (Wildman–Crippen MR) is 67.3 cm³/mol. The molecule has 0 atom stereocenters. The van der Waals surface area contributed by atoms with Gasteiger partial charge in [0.1, 0.15) is 5.60 Å². The molecule has 1 amide bonds. The van der Waals surface area contributed by atoms with Crippen LogP contribution in [0.5, 0.6) is 0 Å². The zero-order chi connectivity index (χ0) is 13.8. The number of rotatable bonds is 5. The molecule has 1 fully saturated rings. The first-order chi connectivity index (χ1) is 8.34. The summed E-state index contributed by atoms with van der Waals surface area (Å²) in [4.78, 5) is 23.3. The van der Waals surface area contributed by atoms with Crippen molar-refractivity contribution < 1.29 is 19.4 Å². The molecule has 0 aliphatic heterocycles. The molecule has 1 aliphatic rings. The average molecular weight is 257 g/mol. The van der Waals surface area contributed by atoms with E-state index < -0.39 is 17.0 Å². The summed E-state index contributed by atoms with van der Waals surface area (Å²) in [5.41, 5.74) is -1.72. The molecule has 0 unspecified atom stereocenters. The summed E-state index contributed by atoms with van der Waals surface area (Å²) in [6.45, 7) is 3.52. The van der Waals surface area contributed by atoms with Gasteiger partial charge >= 0.3 is 5.97 Å². The van der Waals surface area contributed by atoms with E-state index in [0.29, 0.717) is 12.8 Å². The highest BCUT2D eigenvalue weighted by molar-refractivity contribution is 5.85. The number of aliphatic carboxylic acids is 1. The Morgan fingerprint density at radius 3 is 2.28 bits per heavy atom. The van der Waals surface area contributed by atoms with Crippen LogP contribution in [-0.4, -0.2) is 36.2 Å². The molecule has 0 saturated heterocycles. The third-order valence-electron chi connectivity index (χ3n) is 3.91. The van der Waals surface area contributed by atoms with E-state index in [2.05, 4.69) is 5.32 Å². The monoisotopic (exact) mass is 257 g/mol.